The summed E-state index contributed by atoms with van der Waals surface area (Å²) in [6.07, 6.45) is 5.15. The van der Waals surface area contributed by atoms with Gasteiger partial charge in [0.1, 0.15) is 17.6 Å². The average molecular weight is 481 g/mol. The number of rotatable bonds is 8. The van der Waals surface area contributed by atoms with Crippen LogP contribution in [0.1, 0.15) is 48.6 Å². The third-order valence-corrected chi connectivity index (χ3v) is 7.03. The van der Waals surface area contributed by atoms with Crippen molar-refractivity contribution in [3.63, 3.8) is 0 Å². The largest absolute Gasteiger partial charge is 0.497 e. The van der Waals surface area contributed by atoms with E-state index in [1.54, 1.807) is 49.6 Å². The van der Waals surface area contributed by atoms with Crippen LogP contribution in [0.15, 0.2) is 66.0 Å². The number of halogens is 1. The molecule has 1 saturated carbocycles. The second kappa shape index (κ2) is 11.3. The van der Waals surface area contributed by atoms with Gasteiger partial charge in [0.2, 0.25) is 11.8 Å². The Morgan fingerprint density at radius 3 is 2.59 bits per heavy atom. The number of hydrogen-bond donors (Lipinski definition) is 1. The predicted molar refractivity (Wildman–Crippen MR) is 133 cm³/mol. The number of ether oxygens (including phenoxy) is 1. The van der Waals surface area contributed by atoms with Crippen molar-refractivity contribution in [1.82, 2.24) is 5.32 Å². The topological polar surface area (TPSA) is 58.6 Å². The first kappa shape index (κ1) is 24.0. The van der Waals surface area contributed by atoms with Crippen molar-refractivity contribution < 1.29 is 18.7 Å². The van der Waals surface area contributed by atoms with Gasteiger partial charge in [0.15, 0.2) is 0 Å². The number of carbonyl (C=O) groups excluding carboxylic acids is 2. The molecule has 0 radical (unpaired) electrons. The number of nitrogens with one attached hydrogen (secondary N) is 1. The van der Waals surface area contributed by atoms with Gasteiger partial charge in [-0.25, -0.2) is 4.39 Å². The maximum absolute atomic E-state index is 15.1. The number of para-hydroxylation sites is 1. The fourth-order valence-corrected chi connectivity index (χ4v) is 5.16. The number of hydrogen-bond acceptors (Lipinski definition) is 4. The Labute approximate surface area is 203 Å². The summed E-state index contributed by atoms with van der Waals surface area (Å²) >= 11 is 1.46. The average Bonchev–Trinajstić information content (AvgIpc) is 3.36. The zero-order valence-corrected chi connectivity index (χ0v) is 20.0. The monoisotopic (exact) mass is 480 g/mol. The maximum atomic E-state index is 15.1. The van der Waals surface area contributed by atoms with Crippen LogP contribution in [0.4, 0.5) is 10.1 Å². The van der Waals surface area contributed by atoms with Gasteiger partial charge in [-0.2, -0.15) is 0 Å². The van der Waals surface area contributed by atoms with Crippen LogP contribution in [-0.2, 0) is 16.0 Å². The zero-order valence-electron chi connectivity index (χ0n) is 19.2. The number of amides is 2. The molecule has 1 N–H and O–H groups in total. The molecule has 5 nitrogen and oxygen atoms in total. The van der Waals surface area contributed by atoms with Crippen LogP contribution in [0.25, 0.3) is 0 Å². The van der Waals surface area contributed by atoms with Crippen molar-refractivity contribution in [1.29, 1.82) is 0 Å². The third kappa shape index (κ3) is 5.65. The first-order valence-corrected chi connectivity index (χ1v) is 12.5. The fraction of sp³-hybridized carbons (Fsp3) is 0.333. The van der Waals surface area contributed by atoms with Gasteiger partial charge in [-0.15, -0.1) is 11.3 Å². The number of nitrogens with zero attached hydrogens (tertiary/aromatic N) is 1. The minimum Gasteiger partial charge on any atom is -0.497 e. The van der Waals surface area contributed by atoms with Crippen LogP contribution in [0.5, 0.6) is 5.75 Å². The van der Waals surface area contributed by atoms with Gasteiger partial charge < -0.3 is 10.1 Å². The van der Waals surface area contributed by atoms with Gasteiger partial charge in [-0.3, -0.25) is 14.5 Å². The van der Waals surface area contributed by atoms with Crippen molar-refractivity contribution >= 4 is 28.8 Å². The first-order chi connectivity index (χ1) is 16.6. The van der Waals surface area contributed by atoms with Crippen LogP contribution in [0.3, 0.4) is 0 Å². The Morgan fingerprint density at radius 2 is 1.88 bits per heavy atom. The quantitative estimate of drug-likeness (QED) is 0.453. The van der Waals surface area contributed by atoms with E-state index in [1.165, 1.54) is 22.3 Å². The number of methoxy groups -OCH3 is 1. The maximum Gasteiger partial charge on any atom is 0.248 e. The summed E-state index contributed by atoms with van der Waals surface area (Å²) in [4.78, 5) is 29.6. The van der Waals surface area contributed by atoms with E-state index in [0.29, 0.717) is 11.3 Å². The van der Waals surface area contributed by atoms with E-state index >= 15 is 4.39 Å². The molecule has 7 heteroatoms. The molecule has 1 heterocycles. The summed E-state index contributed by atoms with van der Waals surface area (Å²) in [5, 5.41) is 5.04. The molecule has 0 saturated heterocycles. The lowest BCUT2D eigenvalue weighted by Gasteiger charge is -2.33. The van der Waals surface area contributed by atoms with Gasteiger partial charge >= 0.3 is 0 Å². The smallest absolute Gasteiger partial charge is 0.248 e. The lowest BCUT2D eigenvalue weighted by atomic mass is 9.94. The molecule has 0 bridgehead atoms. The van der Waals surface area contributed by atoms with Crippen LogP contribution in [-0.4, -0.2) is 25.0 Å². The van der Waals surface area contributed by atoms with E-state index < -0.39 is 11.9 Å². The highest BCUT2D eigenvalue weighted by molar-refractivity contribution is 7.10. The van der Waals surface area contributed by atoms with Crippen molar-refractivity contribution in [2.75, 3.05) is 12.0 Å². The van der Waals surface area contributed by atoms with Gasteiger partial charge in [-0.1, -0.05) is 49.6 Å². The fourth-order valence-electron chi connectivity index (χ4n) is 4.47. The predicted octanol–water partition coefficient (Wildman–Crippen LogP) is 5.66. The second-order valence-corrected chi connectivity index (χ2v) is 9.53. The molecule has 178 valence electrons. The minimum atomic E-state index is -1.04. The number of benzene rings is 2. The standard InChI is InChI=1S/C27H29FN2O3S/c1-33-21-12-7-9-19(17-21)26(27(32)29-20-10-3-2-4-11-20)30(24-15-6-5-14-23(24)28)25(31)18-22-13-8-16-34-22/h5-9,12-17,20,26H,2-4,10-11,18H2,1H3,(H,29,32). The van der Waals surface area contributed by atoms with E-state index in [2.05, 4.69) is 5.32 Å². The van der Waals surface area contributed by atoms with Crippen LogP contribution in [0.2, 0.25) is 0 Å². The van der Waals surface area contributed by atoms with Gasteiger partial charge in [0.05, 0.1) is 19.2 Å². The van der Waals surface area contributed by atoms with Gasteiger partial charge in [0, 0.05) is 10.9 Å². The van der Waals surface area contributed by atoms with E-state index in [1.807, 2.05) is 17.5 Å². The van der Waals surface area contributed by atoms with Crippen molar-refractivity contribution in [3.8, 4) is 5.75 Å². The van der Waals surface area contributed by atoms with E-state index in [-0.39, 0.29) is 30.0 Å². The van der Waals surface area contributed by atoms with Crippen LogP contribution >= 0.6 is 11.3 Å². The SMILES string of the molecule is COc1cccc(C(C(=O)NC2CCCCC2)N(C(=O)Cc2cccs2)c2ccccc2F)c1. The summed E-state index contributed by atoms with van der Waals surface area (Å²) in [6.45, 7) is 0. The molecule has 0 spiro atoms. The Hall–Kier alpha value is -3.19. The summed E-state index contributed by atoms with van der Waals surface area (Å²) < 4.78 is 20.5. The molecule has 1 aromatic heterocycles. The van der Waals surface area contributed by atoms with Crippen molar-refractivity contribution in [2.45, 2.75) is 50.6 Å². The van der Waals surface area contributed by atoms with Gasteiger partial charge in [-0.05, 0) is 54.1 Å². The highest BCUT2D eigenvalue weighted by Gasteiger charge is 2.35. The van der Waals surface area contributed by atoms with E-state index in [4.69, 9.17) is 4.74 Å². The van der Waals surface area contributed by atoms with Crippen molar-refractivity contribution in [3.05, 3.63) is 82.3 Å². The molecule has 1 aliphatic rings. The van der Waals surface area contributed by atoms with Crippen LogP contribution < -0.4 is 15.0 Å². The van der Waals surface area contributed by atoms with Crippen LogP contribution in [0, 0.1) is 5.82 Å². The normalized spacial score (nSPS) is 14.9. The third-order valence-electron chi connectivity index (χ3n) is 6.15. The Bertz CT molecular complexity index is 1110. The van der Waals surface area contributed by atoms with Gasteiger partial charge in [0.25, 0.3) is 0 Å². The molecule has 3 aromatic rings. The summed E-state index contributed by atoms with van der Waals surface area (Å²) in [5.41, 5.74) is 0.645. The molecular weight excluding hydrogens is 451 g/mol. The van der Waals surface area contributed by atoms with Crippen molar-refractivity contribution in [2.24, 2.45) is 0 Å². The lowest BCUT2D eigenvalue weighted by Crippen LogP contribution is -2.48. The van der Waals surface area contributed by atoms with E-state index in [9.17, 15) is 9.59 Å². The molecule has 1 fully saturated rings. The molecular formula is C27H29FN2O3S. The van der Waals surface area contributed by atoms with E-state index in [0.717, 1.165) is 37.0 Å². The molecule has 2 amide bonds. The first-order valence-electron chi connectivity index (χ1n) is 11.6. The summed E-state index contributed by atoms with van der Waals surface area (Å²) in [5.74, 6) is -0.658. The highest BCUT2D eigenvalue weighted by Crippen LogP contribution is 2.33. The summed E-state index contributed by atoms with van der Waals surface area (Å²) in [6, 6.07) is 15.9. The second-order valence-electron chi connectivity index (χ2n) is 8.49. The molecule has 1 unspecified atom stereocenters. The lowest BCUT2D eigenvalue weighted by molar-refractivity contribution is -0.127. The Morgan fingerprint density at radius 1 is 1.09 bits per heavy atom. The Kier molecular flexibility index (Phi) is 7.95. The summed E-state index contributed by atoms with van der Waals surface area (Å²) in [7, 11) is 1.55. The molecule has 2 aromatic carbocycles. The number of carbonyl (C=O) groups is 2. The molecule has 34 heavy (non-hydrogen) atoms. The molecule has 4 rings (SSSR count). The minimum absolute atomic E-state index is 0.0456. The molecule has 1 aliphatic carbocycles. The number of anilines is 1. The number of thiophene rings is 1. The Balaban J connectivity index is 1.78. The highest BCUT2D eigenvalue weighted by atomic mass is 32.1. The molecule has 0 aliphatic heterocycles. The zero-order chi connectivity index (χ0) is 23.9. The molecule has 1 atom stereocenters.